The van der Waals surface area contributed by atoms with Gasteiger partial charge in [-0.3, -0.25) is 0 Å². The molecule has 4 aliphatic heterocycles. The van der Waals surface area contributed by atoms with E-state index in [2.05, 4.69) is 146 Å². The number of benzene rings is 1. The average Bonchev–Trinajstić information content (AvgIpc) is 1.18. The van der Waals surface area contributed by atoms with Crippen molar-refractivity contribution in [2.24, 2.45) is 0 Å². The van der Waals surface area contributed by atoms with Crippen LogP contribution in [0, 0.1) is 6.07 Å². The molecule has 1 aromatic carbocycles. The summed E-state index contributed by atoms with van der Waals surface area (Å²) >= 11 is 0.0278. The van der Waals surface area contributed by atoms with Gasteiger partial charge in [0.15, 0.2) is 0 Å². The maximum absolute atomic E-state index is 9.15. The SMILES string of the molecule is C1CCC2NCCN[C@@H]3CCCC[C@H]3NCCNCCNC2C1.C=CCC1CNCCNCCNCCNCCN1.C[C@@H]1NCCNCCNCCN[C@H](C)c2[c-]c1ccc2.OCCC[C@H]1NCCNCCNCCNCCN[C@@H]1CCCO.[Cl][Mn][Cl].[Cl][Mn][Cl].[Cl][Mn][Cl].[Cl][Mn][Cl]. The Morgan fingerprint density at radius 2 is 0.635 bits per heavy atom. The molecule has 2 saturated carbocycles. The van der Waals surface area contributed by atoms with E-state index >= 15 is 0 Å². The van der Waals surface area contributed by atoms with Gasteiger partial charge >= 0.3 is 133 Å². The first kappa shape index (κ1) is 98.5. The summed E-state index contributed by atoms with van der Waals surface area (Å²) in [4.78, 5) is 0. The molecule has 33 heteroatoms. The molecule has 0 amide bonds. The molecule has 2 aliphatic carbocycles. The normalized spacial score (nSPS) is 26.7. The van der Waals surface area contributed by atoms with E-state index in [1.807, 2.05) is 6.08 Å². The maximum atomic E-state index is 9.15. The summed E-state index contributed by atoms with van der Waals surface area (Å²) in [6, 6.07) is 14.5. The molecule has 21 N–H and O–H groups in total. The molecule has 7 rings (SSSR count). The van der Waals surface area contributed by atoms with Gasteiger partial charge < -0.3 is 111 Å². The summed E-state index contributed by atoms with van der Waals surface area (Å²) in [5.74, 6) is 0. The molecule has 0 spiro atoms. The van der Waals surface area contributed by atoms with Crippen molar-refractivity contribution in [3.8, 4) is 0 Å². The van der Waals surface area contributed by atoms with Crippen molar-refractivity contribution in [1.29, 1.82) is 0 Å². The zero-order chi connectivity index (χ0) is 70.3. The van der Waals surface area contributed by atoms with Crippen LogP contribution in [0.4, 0.5) is 0 Å². The third-order valence-electron chi connectivity index (χ3n) is 16.9. The van der Waals surface area contributed by atoms with Crippen molar-refractivity contribution in [2.45, 2.75) is 152 Å². The standard InChI is InChI=1S/C18H37N5.C16H37N5O2.C16H27N4.C13H29N5.8ClH.4Mn/c1-3-7-17-15(5-1)20-11-9-19-10-12-21-16-6-2-4-8-18(16)23-14-13-22-17;22-13-1-3-15-16(4-2-14-23)21-12-10-19-8-6-17-5-7-18-9-11-20-15;1-13-15-4-3-5-16(12-15)14(2)20-11-9-18-7-6-17-8-10-19-13;1-2-3-13-12-17-9-8-15-5-4-14-6-7-16-10-11-18-13;;;;;;;;;;;;/h2*15-23H,1-14H2;3-5,13-14,17-20H,6-11H2,1-2H3;2,13-18H,1,3-12H2;8*1H;;;;/q;;-1;;;;;;;;;;4*+2/p-8/t15-,16?,17-,18?;15-,16-;13-,14+;;;;;;;;;;;;;/m11............../s1. The first-order chi connectivity index (χ1) is 47.2. The number of aliphatic hydroxyl groups excluding tert-OH is 2. The van der Waals surface area contributed by atoms with Crippen LogP contribution in [0.3, 0.4) is 0 Å². The molecule has 9 atom stereocenters. The molecule has 3 unspecified atom stereocenters. The van der Waals surface area contributed by atoms with Crippen LogP contribution < -0.4 is 101 Å². The Morgan fingerprint density at radius 1 is 0.385 bits per heavy atom. The van der Waals surface area contributed by atoms with Crippen molar-refractivity contribution in [2.75, 3.05) is 203 Å². The second kappa shape index (κ2) is 78.6. The Labute approximate surface area is 641 Å². The molecule has 0 radical (unpaired) electrons. The number of halogens is 8. The van der Waals surface area contributed by atoms with Crippen LogP contribution in [-0.4, -0.2) is 256 Å². The minimum atomic E-state index is 0.00694. The Balaban J connectivity index is 0.00000119. The van der Waals surface area contributed by atoms with Gasteiger partial charge in [0.05, 0.1) is 0 Å². The second-order valence-electron chi connectivity index (χ2n) is 23.9. The summed E-state index contributed by atoms with van der Waals surface area (Å²) in [6.45, 7) is 38.2. The van der Waals surface area contributed by atoms with E-state index in [4.69, 9.17) is 91.0 Å². The molecule has 0 aromatic heterocycles. The van der Waals surface area contributed by atoms with E-state index in [0.717, 1.165) is 222 Å². The summed E-state index contributed by atoms with van der Waals surface area (Å²) in [5.41, 5.74) is 2.48. The molecule has 4 heterocycles. The van der Waals surface area contributed by atoms with Gasteiger partial charge in [0.2, 0.25) is 0 Å². The number of fused-ring (bicyclic) bond motifs is 4. The fourth-order valence-corrected chi connectivity index (χ4v) is 11.9. The number of nitrogens with one attached hydrogen (secondary N) is 19. The van der Waals surface area contributed by atoms with Crippen molar-refractivity contribution in [3.63, 3.8) is 0 Å². The monoisotopic (exact) mass is 1680 g/mol. The quantitative estimate of drug-likeness (QED) is 0.0989. The van der Waals surface area contributed by atoms with Crippen LogP contribution in [0.2, 0.25) is 0 Å². The second-order valence-corrected chi connectivity index (χ2v) is 31.7. The molecule has 5 fully saturated rings. The van der Waals surface area contributed by atoms with Crippen LogP contribution in [0.15, 0.2) is 30.9 Å². The fraction of sp³-hybridized carbons (Fsp3) is 0.873. The van der Waals surface area contributed by atoms with Gasteiger partial charge in [0, 0.05) is 257 Å². The van der Waals surface area contributed by atoms with Gasteiger partial charge in [0.1, 0.15) is 0 Å². The van der Waals surface area contributed by atoms with Gasteiger partial charge in [-0.05, 0) is 71.6 Å². The number of hydrogen-bond donors (Lipinski definition) is 21. The Hall–Kier alpha value is 2.52. The van der Waals surface area contributed by atoms with Gasteiger partial charge in [-0.2, -0.15) is 24.3 Å². The van der Waals surface area contributed by atoms with Crippen LogP contribution in [0.5, 0.6) is 0 Å². The zero-order valence-corrected chi connectivity index (χ0v) is 68.5. The van der Waals surface area contributed by atoms with Crippen LogP contribution in [0.25, 0.3) is 0 Å². The summed E-state index contributed by atoms with van der Waals surface area (Å²) in [7, 11) is 38.4. The van der Waals surface area contributed by atoms with Gasteiger partial charge in [-0.15, -0.1) is 17.7 Å². The third-order valence-corrected chi connectivity index (χ3v) is 16.9. The molecular formula is C63H130Cl8Mn4N19O2-. The fourth-order valence-electron chi connectivity index (χ4n) is 11.9. The molecule has 96 heavy (non-hydrogen) atoms. The van der Waals surface area contributed by atoms with Crippen molar-refractivity contribution >= 4 is 80.8 Å². The Kier molecular flexibility index (Phi) is 80.6. The Morgan fingerprint density at radius 3 is 0.927 bits per heavy atom. The predicted octanol–water partition coefficient (Wildman–Crippen LogP) is 4.18. The molecule has 2 bridgehead atoms. The predicted molar refractivity (Wildman–Crippen MR) is 401 cm³/mol. The first-order valence-corrected chi connectivity index (χ1v) is 48.2. The van der Waals surface area contributed by atoms with Crippen LogP contribution in [-0.2, 0) is 52.5 Å². The zero-order valence-electron chi connectivity index (χ0n) is 57.8. The van der Waals surface area contributed by atoms with Gasteiger partial charge in [-0.1, -0.05) is 31.8 Å². The third kappa shape index (κ3) is 60.6. The molecule has 574 valence electrons. The summed E-state index contributed by atoms with van der Waals surface area (Å²) in [5, 5.41) is 85.8. The Bertz CT molecular complexity index is 1650. The number of rotatable bonds is 8. The molecular weight excluding hydrogens is 1560 g/mol. The number of aliphatic hydroxyl groups is 2. The van der Waals surface area contributed by atoms with Crippen LogP contribution >= 0.6 is 80.8 Å². The van der Waals surface area contributed by atoms with Crippen molar-refractivity contribution in [3.05, 3.63) is 48.0 Å². The molecule has 6 aliphatic rings. The average molecular weight is 1690 g/mol. The topological polar surface area (TPSA) is 269 Å². The van der Waals surface area contributed by atoms with Crippen molar-refractivity contribution in [1.82, 2.24) is 101 Å². The number of hydrogen-bond acceptors (Lipinski definition) is 21. The summed E-state index contributed by atoms with van der Waals surface area (Å²) in [6.07, 6.45) is 17.4. The van der Waals surface area contributed by atoms with E-state index in [9.17, 15) is 0 Å². The van der Waals surface area contributed by atoms with Gasteiger partial charge in [0.25, 0.3) is 0 Å². The van der Waals surface area contributed by atoms with E-state index in [-0.39, 0.29) is 65.7 Å². The van der Waals surface area contributed by atoms with E-state index in [1.54, 1.807) is 0 Å². The minimum absolute atomic E-state index is 0.00694. The van der Waals surface area contributed by atoms with E-state index < -0.39 is 0 Å². The van der Waals surface area contributed by atoms with E-state index in [0.29, 0.717) is 54.4 Å². The van der Waals surface area contributed by atoms with Crippen molar-refractivity contribution < 1.29 is 62.7 Å². The van der Waals surface area contributed by atoms with Gasteiger partial charge in [-0.25, -0.2) is 0 Å². The van der Waals surface area contributed by atoms with E-state index in [1.165, 1.54) is 62.5 Å². The first-order valence-electron chi connectivity index (χ1n) is 35.2. The molecule has 21 nitrogen and oxygen atoms in total. The molecule has 3 saturated heterocycles. The summed E-state index contributed by atoms with van der Waals surface area (Å²) < 4.78 is 0. The van der Waals surface area contributed by atoms with Crippen LogP contribution in [0.1, 0.15) is 121 Å². The molecule has 1 aromatic rings.